The second-order valence-electron chi connectivity index (χ2n) is 4.86. The van der Waals surface area contributed by atoms with Crippen LogP contribution in [0.5, 0.6) is 0 Å². The van der Waals surface area contributed by atoms with E-state index in [-0.39, 0.29) is 6.10 Å². The van der Waals surface area contributed by atoms with Gasteiger partial charge >= 0.3 is 0 Å². The average molecular weight is 251 g/mol. The Morgan fingerprint density at radius 1 is 1.22 bits per heavy atom. The van der Waals surface area contributed by atoms with Crippen molar-refractivity contribution in [1.29, 1.82) is 0 Å². The van der Waals surface area contributed by atoms with Crippen LogP contribution in [0.4, 0.5) is 0 Å². The van der Waals surface area contributed by atoms with Crippen LogP contribution in [0.2, 0.25) is 0 Å². The molecule has 2 atom stereocenters. The molecule has 3 nitrogen and oxygen atoms in total. The molecule has 102 valence electrons. The van der Waals surface area contributed by atoms with E-state index in [1.807, 2.05) is 18.2 Å². The van der Waals surface area contributed by atoms with Gasteiger partial charge in [-0.15, -0.1) is 0 Å². The molecule has 0 aliphatic carbocycles. The third-order valence-corrected chi connectivity index (χ3v) is 2.79. The predicted molar refractivity (Wildman–Crippen MR) is 74.6 cm³/mol. The molecule has 1 rings (SSSR count). The Labute approximate surface area is 110 Å². The van der Waals surface area contributed by atoms with Crippen LogP contribution >= 0.6 is 0 Å². The molecule has 0 bridgehead atoms. The maximum absolute atomic E-state index is 9.80. The molecular weight excluding hydrogens is 226 g/mol. The first kappa shape index (κ1) is 15.2. The van der Waals surface area contributed by atoms with E-state index in [0.29, 0.717) is 19.2 Å². The normalized spacial score (nSPS) is 14.7. The van der Waals surface area contributed by atoms with E-state index in [0.717, 1.165) is 6.42 Å². The summed E-state index contributed by atoms with van der Waals surface area (Å²) in [6.07, 6.45) is 0.527. The smallest absolute Gasteiger partial charge is 0.0898 e. The standard InChI is InChI=1S/C15H25NO2/c1-4-15(13-8-6-5-7-9-13)18-11-14(17)10-16-12(2)3/h5-9,12,14-17H,4,10-11H2,1-3H3/t14-,15+/m0/s1. The van der Waals surface area contributed by atoms with Crippen molar-refractivity contribution >= 4 is 0 Å². The third kappa shape index (κ3) is 5.63. The maximum Gasteiger partial charge on any atom is 0.0898 e. The molecule has 2 N–H and O–H groups in total. The third-order valence-electron chi connectivity index (χ3n) is 2.79. The van der Waals surface area contributed by atoms with Gasteiger partial charge in [-0.05, 0) is 12.0 Å². The van der Waals surface area contributed by atoms with E-state index in [1.54, 1.807) is 0 Å². The average Bonchev–Trinajstić information content (AvgIpc) is 2.38. The zero-order chi connectivity index (χ0) is 13.4. The minimum atomic E-state index is -0.454. The molecule has 1 aromatic rings. The Kier molecular flexibility index (Phi) is 6.94. The summed E-state index contributed by atoms with van der Waals surface area (Å²) in [7, 11) is 0. The lowest BCUT2D eigenvalue weighted by Crippen LogP contribution is -2.34. The zero-order valence-corrected chi connectivity index (χ0v) is 11.6. The highest BCUT2D eigenvalue weighted by Gasteiger charge is 2.12. The molecule has 0 saturated carbocycles. The Bertz CT molecular complexity index is 314. The van der Waals surface area contributed by atoms with E-state index in [2.05, 4.69) is 38.2 Å². The van der Waals surface area contributed by atoms with E-state index in [9.17, 15) is 5.11 Å². The highest BCUT2D eigenvalue weighted by molar-refractivity contribution is 5.17. The summed E-state index contributed by atoms with van der Waals surface area (Å²) in [5.41, 5.74) is 1.17. The van der Waals surface area contributed by atoms with Crippen LogP contribution in [-0.2, 0) is 4.74 Å². The van der Waals surface area contributed by atoms with E-state index in [1.165, 1.54) is 5.56 Å². The number of aliphatic hydroxyl groups is 1. The lowest BCUT2D eigenvalue weighted by atomic mass is 10.1. The van der Waals surface area contributed by atoms with Gasteiger partial charge in [0.1, 0.15) is 0 Å². The van der Waals surface area contributed by atoms with Gasteiger partial charge in [-0.25, -0.2) is 0 Å². The first-order chi connectivity index (χ1) is 8.63. The number of aliphatic hydroxyl groups excluding tert-OH is 1. The van der Waals surface area contributed by atoms with Crippen LogP contribution in [-0.4, -0.2) is 30.4 Å². The Balaban J connectivity index is 2.36. The van der Waals surface area contributed by atoms with Crippen LogP contribution in [0.25, 0.3) is 0 Å². The van der Waals surface area contributed by atoms with Gasteiger partial charge in [-0.3, -0.25) is 0 Å². The van der Waals surface area contributed by atoms with Gasteiger partial charge in [0.25, 0.3) is 0 Å². The number of hydrogen-bond donors (Lipinski definition) is 2. The molecule has 18 heavy (non-hydrogen) atoms. The maximum atomic E-state index is 9.80. The molecule has 0 fully saturated rings. The molecule has 0 aliphatic heterocycles. The molecule has 0 aliphatic rings. The number of rotatable bonds is 8. The molecular formula is C15H25NO2. The Morgan fingerprint density at radius 2 is 1.89 bits per heavy atom. The Hall–Kier alpha value is -0.900. The summed E-state index contributed by atoms with van der Waals surface area (Å²) in [5.74, 6) is 0. The van der Waals surface area contributed by atoms with E-state index in [4.69, 9.17) is 4.74 Å². The molecule has 0 spiro atoms. The van der Waals surface area contributed by atoms with Crippen molar-refractivity contribution in [2.75, 3.05) is 13.2 Å². The van der Waals surface area contributed by atoms with Crippen LogP contribution in [0.1, 0.15) is 38.9 Å². The van der Waals surface area contributed by atoms with Crippen LogP contribution in [0.15, 0.2) is 30.3 Å². The summed E-state index contributed by atoms with van der Waals surface area (Å²) in [6.45, 7) is 7.16. The zero-order valence-electron chi connectivity index (χ0n) is 11.6. The van der Waals surface area contributed by atoms with Crippen molar-refractivity contribution in [3.05, 3.63) is 35.9 Å². The lowest BCUT2D eigenvalue weighted by molar-refractivity contribution is -0.0118. The minimum absolute atomic E-state index is 0.0694. The van der Waals surface area contributed by atoms with Crippen molar-refractivity contribution in [2.24, 2.45) is 0 Å². The van der Waals surface area contributed by atoms with Gasteiger partial charge in [0.05, 0.1) is 18.8 Å². The summed E-state index contributed by atoms with van der Waals surface area (Å²) in [5, 5.41) is 13.0. The van der Waals surface area contributed by atoms with Crippen LogP contribution < -0.4 is 5.32 Å². The molecule has 0 amide bonds. The van der Waals surface area contributed by atoms with Gasteiger partial charge in [0.15, 0.2) is 0 Å². The molecule has 0 unspecified atom stereocenters. The summed E-state index contributed by atoms with van der Waals surface area (Å²) >= 11 is 0. The van der Waals surface area contributed by atoms with Gasteiger partial charge < -0.3 is 15.2 Å². The minimum Gasteiger partial charge on any atom is -0.389 e. The number of hydrogen-bond acceptors (Lipinski definition) is 3. The first-order valence-electron chi connectivity index (χ1n) is 6.71. The highest BCUT2D eigenvalue weighted by atomic mass is 16.5. The van der Waals surface area contributed by atoms with Crippen molar-refractivity contribution in [3.63, 3.8) is 0 Å². The van der Waals surface area contributed by atoms with Crippen LogP contribution in [0.3, 0.4) is 0 Å². The SMILES string of the molecule is CC[C@@H](OC[C@@H](O)CNC(C)C)c1ccccc1. The fourth-order valence-corrected chi connectivity index (χ4v) is 1.78. The molecule has 3 heteroatoms. The summed E-state index contributed by atoms with van der Waals surface area (Å²) in [6, 6.07) is 10.5. The van der Waals surface area contributed by atoms with E-state index < -0.39 is 6.10 Å². The molecule has 0 heterocycles. The van der Waals surface area contributed by atoms with Crippen molar-refractivity contribution < 1.29 is 9.84 Å². The number of ether oxygens (including phenoxy) is 1. The summed E-state index contributed by atoms with van der Waals surface area (Å²) < 4.78 is 5.78. The second-order valence-corrected chi connectivity index (χ2v) is 4.86. The fraction of sp³-hybridized carbons (Fsp3) is 0.600. The number of nitrogens with one attached hydrogen (secondary N) is 1. The Morgan fingerprint density at radius 3 is 2.44 bits per heavy atom. The summed E-state index contributed by atoms with van der Waals surface area (Å²) in [4.78, 5) is 0. The van der Waals surface area contributed by atoms with Gasteiger partial charge in [-0.1, -0.05) is 51.1 Å². The van der Waals surface area contributed by atoms with Crippen molar-refractivity contribution in [2.45, 2.75) is 45.4 Å². The second kappa shape index (κ2) is 8.25. The van der Waals surface area contributed by atoms with Crippen molar-refractivity contribution in [1.82, 2.24) is 5.32 Å². The highest BCUT2D eigenvalue weighted by Crippen LogP contribution is 2.20. The topological polar surface area (TPSA) is 41.5 Å². The van der Waals surface area contributed by atoms with Crippen LogP contribution in [0, 0.1) is 0 Å². The monoisotopic (exact) mass is 251 g/mol. The van der Waals surface area contributed by atoms with Gasteiger partial charge in [-0.2, -0.15) is 0 Å². The largest absolute Gasteiger partial charge is 0.389 e. The molecule has 0 saturated heterocycles. The quantitative estimate of drug-likeness (QED) is 0.746. The van der Waals surface area contributed by atoms with Gasteiger partial charge in [0.2, 0.25) is 0 Å². The van der Waals surface area contributed by atoms with E-state index >= 15 is 0 Å². The number of benzene rings is 1. The van der Waals surface area contributed by atoms with Crippen molar-refractivity contribution in [3.8, 4) is 0 Å². The predicted octanol–water partition coefficient (Wildman–Crippen LogP) is 2.51. The first-order valence-corrected chi connectivity index (χ1v) is 6.71. The molecule has 1 aromatic carbocycles. The van der Waals surface area contributed by atoms with Gasteiger partial charge in [0, 0.05) is 12.6 Å². The molecule has 0 radical (unpaired) electrons. The molecule has 0 aromatic heterocycles. The fourth-order valence-electron chi connectivity index (χ4n) is 1.78. The lowest BCUT2D eigenvalue weighted by Gasteiger charge is -2.20.